The van der Waals surface area contributed by atoms with Crippen molar-refractivity contribution in [3.8, 4) is 0 Å². The summed E-state index contributed by atoms with van der Waals surface area (Å²) in [6.07, 6.45) is 4.54. The molecule has 6 nitrogen and oxygen atoms in total. The zero-order valence-electron chi connectivity index (χ0n) is 14.4. The average molecular weight is 371 g/mol. The highest BCUT2D eigenvalue weighted by Gasteiger charge is 2.21. The second-order valence-electron chi connectivity index (χ2n) is 5.95. The zero-order valence-corrected chi connectivity index (χ0v) is 15.2. The minimum atomic E-state index is -0.531. The van der Waals surface area contributed by atoms with Crippen molar-refractivity contribution >= 4 is 29.3 Å². The van der Waals surface area contributed by atoms with Crippen molar-refractivity contribution in [2.24, 2.45) is 0 Å². The summed E-state index contributed by atoms with van der Waals surface area (Å²) in [7, 11) is 0. The lowest BCUT2D eigenvalue weighted by Gasteiger charge is -2.34. The molecule has 7 heteroatoms. The van der Waals surface area contributed by atoms with Gasteiger partial charge >= 0.3 is 5.97 Å². The molecule has 0 bridgehead atoms. The van der Waals surface area contributed by atoms with Gasteiger partial charge in [0.15, 0.2) is 6.61 Å². The molecule has 1 aromatic heterocycles. The molecule has 1 saturated heterocycles. The molecule has 1 aliphatic rings. The average Bonchev–Trinajstić information content (AvgIpc) is 3.19. The lowest BCUT2D eigenvalue weighted by molar-refractivity contribution is -0.149. The van der Waals surface area contributed by atoms with E-state index < -0.39 is 5.97 Å². The van der Waals surface area contributed by atoms with E-state index in [2.05, 4.69) is 22.0 Å². The Labute approximate surface area is 156 Å². The van der Waals surface area contributed by atoms with Crippen LogP contribution < -0.4 is 0 Å². The Morgan fingerprint density at radius 1 is 1.15 bits per heavy atom. The molecule has 0 saturated carbocycles. The molecule has 2 aromatic rings. The third-order valence-corrected chi connectivity index (χ3v) is 4.87. The fourth-order valence-corrected chi connectivity index (χ4v) is 3.25. The zero-order chi connectivity index (χ0) is 18.2. The van der Waals surface area contributed by atoms with Crippen molar-refractivity contribution < 1.29 is 14.3 Å². The fourth-order valence-electron chi connectivity index (χ4n) is 2.73. The predicted octanol–water partition coefficient (Wildman–Crippen LogP) is 2.04. The molecule has 0 atom stereocenters. The highest BCUT2D eigenvalue weighted by molar-refractivity contribution is 7.10. The van der Waals surface area contributed by atoms with E-state index in [9.17, 15) is 9.59 Å². The highest BCUT2D eigenvalue weighted by atomic mass is 32.1. The van der Waals surface area contributed by atoms with Gasteiger partial charge in [-0.2, -0.15) is 0 Å². The van der Waals surface area contributed by atoms with E-state index in [4.69, 9.17) is 4.74 Å². The first kappa shape index (κ1) is 18.3. The number of carbonyl (C=O) groups excluding carboxylic acids is 2. The number of ether oxygens (including phenoxy) is 1. The predicted molar refractivity (Wildman–Crippen MR) is 100 cm³/mol. The maximum atomic E-state index is 12.2. The molecule has 1 fully saturated rings. The summed E-state index contributed by atoms with van der Waals surface area (Å²) in [5.74, 6) is -0.684. The SMILES string of the molecule is O=C(C=Cc1nccs1)OCC(=O)N1CCN(Cc2ccccc2)CC1. The van der Waals surface area contributed by atoms with Crippen LogP contribution in [0.5, 0.6) is 0 Å². The number of benzene rings is 1. The smallest absolute Gasteiger partial charge is 0.331 e. The Morgan fingerprint density at radius 2 is 1.92 bits per heavy atom. The van der Waals surface area contributed by atoms with E-state index in [0.717, 1.165) is 24.6 Å². The number of rotatable bonds is 6. The minimum absolute atomic E-state index is 0.152. The second-order valence-corrected chi connectivity index (χ2v) is 6.88. The van der Waals surface area contributed by atoms with Gasteiger partial charge in [0, 0.05) is 50.4 Å². The summed E-state index contributed by atoms with van der Waals surface area (Å²) in [5, 5.41) is 2.55. The maximum Gasteiger partial charge on any atom is 0.331 e. The molecule has 0 radical (unpaired) electrons. The lowest BCUT2D eigenvalue weighted by Crippen LogP contribution is -2.49. The van der Waals surface area contributed by atoms with Gasteiger partial charge in [0.05, 0.1) is 0 Å². The lowest BCUT2D eigenvalue weighted by atomic mass is 10.2. The van der Waals surface area contributed by atoms with Crippen LogP contribution in [0.15, 0.2) is 48.0 Å². The number of hydrogen-bond acceptors (Lipinski definition) is 6. The topological polar surface area (TPSA) is 62.7 Å². The van der Waals surface area contributed by atoms with E-state index in [1.807, 2.05) is 23.6 Å². The fraction of sp³-hybridized carbons (Fsp3) is 0.316. The van der Waals surface area contributed by atoms with Crippen LogP contribution in [0.3, 0.4) is 0 Å². The molecule has 0 unspecified atom stereocenters. The summed E-state index contributed by atoms with van der Waals surface area (Å²) in [6, 6.07) is 10.3. The normalized spacial score (nSPS) is 15.3. The molecule has 2 heterocycles. The summed E-state index contributed by atoms with van der Waals surface area (Å²) in [5.41, 5.74) is 1.27. The van der Waals surface area contributed by atoms with Gasteiger partial charge in [0.2, 0.25) is 0 Å². The Hall–Kier alpha value is -2.51. The first-order valence-electron chi connectivity index (χ1n) is 8.49. The number of hydrogen-bond donors (Lipinski definition) is 0. The minimum Gasteiger partial charge on any atom is -0.452 e. The molecule has 26 heavy (non-hydrogen) atoms. The van der Waals surface area contributed by atoms with Crippen LogP contribution in [0.1, 0.15) is 10.6 Å². The maximum absolute atomic E-state index is 12.2. The first-order chi connectivity index (χ1) is 12.7. The van der Waals surface area contributed by atoms with Crippen LogP contribution in [0, 0.1) is 0 Å². The van der Waals surface area contributed by atoms with Crippen LogP contribution in [0.4, 0.5) is 0 Å². The monoisotopic (exact) mass is 371 g/mol. The molecule has 1 amide bonds. The van der Waals surface area contributed by atoms with Gasteiger partial charge in [0.25, 0.3) is 5.91 Å². The number of thiazole rings is 1. The Morgan fingerprint density at radius 3 is 2.62 bits per heavy atom. The molecule has 0 N–H and O–H groups in total. The third kappa shape index (κ3) is 5.50. The Bertz CT molecular complexity index is 739. The van der Waals surface area contributed by atoms with Gasteiger partial charge in [-0.1, -0.05) is 30.3 Å². The van der Waals surface area contributed by atoms with Crippen molar-refractivity contribution in [1.82, 2.24) is 14.8 Å². The number of carbonyl (C=O) groups is 2. The van der Waals surface area contributed by atoms with Crippen molar-refractivity contribution in [2.75, 3.05) is 32.8 Å². The summed E-state index contributed by atoms with van der Waals surface area (Å²) < 4.78 is 5.02. The van der Waals surface area contributed by atoms with Crippen LogP contribution in [-0.4, -0.2) is 59.4 Å². The van der Waals surface area contributed by atoms with Crippen molar-refractivity contribution in [3.05, 3.63) is 58.6 Å². The van der Waals surface area contributed by atoms with Crippen LogP contribution in [0.2, 0.25) is 0 Å². The standard InChI is InChI=1S/C19H21N3O3S/c23-18(15-25-19(24)7-6-17-20-8-13-26-17)22-11-9-21(10-12-22)14-16-4-2-1-3-5-16/h1-8,13H,9-12,14-15H2. The summed E-state index contributed by atoms with van der Waals surface area (Å²) >= 11 is 1.43. The highest BCUT2D eigenvalue weighted by Crippen LogP contribution is 2.09. The molecular formula is C19H21N3O3S. The van der Waals surface area contributed by atoms with E-state index in [-0.39, 0.29) is 12.5 Å². The third-order valence-electron chi connectivity index (χ3n) is 4.13. The molecule has 1 aliphatic heterocycles. The number of nitrogens with zero attached hydrogens (tertiary/aromatic N) is 3. The van der Waals surface area contributed by atoms with E-state index >= 15 is 0 Å². The van der Waals surface area contributed by atoms with Gasteiger partial charge in [-0.15, -0.1) is 11.3 Å². The van der Waals surface area contributed by atoms with Crippen LogP contribution in [0.25, 0.3) is 6.08 Å². The van der Waals surface area contributed by atoms with Gasteiger partial charge in [0.1, 0.15) is 5.01 Å². The van der Waals surface area contributed by atoms with Gasteiger partial charge in [-0.25, -0.2) is 9.78 Å². The first-order valence-corrected chi connectivity index (χ1v) is 9.37. The summed E-state index contributed by atoms with van der Waals surface area (Å²) in [6.45, 7) is 3.60. The number of piperazine rings is 1. The second kappa shape index (κ2) is 9.26. The Balaban J connectivity index is 1.37. The van der Waals surface area contributed by atoms with Crippen LogP contribution >= 0.6 is 11.3 Å². The number of aromatic nitrogens is 1. The van der Waals surface area contributed by atoms with Crippen molar-refractivity contribution in [2.45, 2.75) is 6.54 Å². The van der Waals surface area contributed by atoms with Gasteiger partial charge in [-0.05, 0) is 11.6 Å². The quantitative estimate of drug-likeness (QED) is 0.574. The number of amides is 1. The van der Waals surface area contributed by atoms with Gasteiger partial charge in [-0.3, -0.25) is 9.69 Å². The van der Waals surface area contributed by atoms with E-state index in [1.165, 1.54) is 23.0 Å². The number of esters is 1. The van der Waals surface area contributed by atoms with Crippen LogP contribution in [-0.2, 0) is 20.9 Å². The van der Waals surface area contributed by atoms with E-state index in [0.29, 0.717) is 13.1 Å². The largest absolute Gasteiger partial charge is 0.452 e. The Kier molecular flexibility index (Phi) is 6.51. The molecule has 1 aromatic carbocycles. The molecule has 0 aliphatic carbocycles. The van der Waals surface area contributed by atoms with Crippen molar-refractivity contribution in [1.29, 1.82) is 0 Å². The molecule has 3 rings (SSSR count). The van der Waals surface area contributed by atoms with Crippen molar-refractivity contribution in [3.63, 3.8) is 0 Å². The molecular weight excluding hydrogens is 350 g/mol. The molecule has 136 valence electrons. The molecule has 0 spiro atoms. The van der Waals surface area contributed by atoms with Gasteiger partial charge < -0.3 is 9.64 Å². The summed E-state index contributed by atoms with van der Waals surface area (Å²) in [4.78, 5) is 32.0. The van der Waals surface area contributed by atoms with E-state index in [1.54, 1.807) is 17.2 Å².